The van der Waals surface area contributed by atoms with E-state index in [2.05, 4.69) is 200 Å². The van der Waals surface area contributed by atoms with Gasteiger partial charge in [0.2, 0.25) is 0 Å². The molecule has 0 fully saturated rings. The Hall–Kier alpha value is -5.88. The van der Waals surface area contributed by atoms with E-state index in [4.69, 9.17) is 0 Å². The number of fused-ring (bicyclic) bond motifs is 8. The zero-order chi connectivity index (χ0) is 36.8. The van der Waals surface area contributed by atoms with Crippen molar-refractivity contribution in [2.45, 2.75) is 26.2 Å². The minimum absolute atomic E-state index is 0.0659. The second-order valence-electron chi connectivity index (χ2n) is 15.7. The van der Waals surface area contributed by atoms with Gasteiger partial charge in [-0.15, -0.1) is 22.7 Å². The average molecular weight is 741 g/mol. The van der Waals surface area contributed by atoms with Crippen molar-refractivity contribution in [1.29, 1.82) is 0 Å². The lowest BCUT2D eigenvalue weighted by molar-refractivity contribution is 0.590. The molecule has 0 aliphatic carbocycles. The number of nitrogens with zero attached hydrogens (tertiary/aromatic N) is 2. The fourth-order valence-corrected chi connectivity index (χ4v) is 11.4. The lowest BCUT2D eigenvalue weighted by atomic mass is 9.39. The van der Waals surface area contributed by atoms with Crippen molar-refractivity contribution in [2.75, 3.05) is 9.80 Å². The maximum Gasteiger partial charge on any atom is 0.277 e. The molecule has 2 aliphatic heterocycles. The number of para-hydroxylation sites is 1. The predicted octanol–water partition coefficient (Wildman–Crippen LogP) is 12.8. The van der Waals surface area contributed by atoms with E-state index >= 15 is 0 Å². The van der Waals surface area contributed by atoms with Crippen LogP contribution in [0.5, 0.6) is 0 Å². The Morgan fingerprint density at radius 3 is 1.36 bits per heavy atom. The van der Waals surface area contributed by atoms with Crippen molar-refractivity contribution in [3.63, 3.8) is 0 Å². The molecule has 9 aromatic rings. The van der Waals surface area contributed by atoms with Crippen LogP contribution in [0.1, 0.15) is 26.3 Å². The normalized spacial score (nSPS) is 13.3. The molecule has 0 radical (unpaired) electrons. The van der Waals surface area contributed by atoms with Gasteiger partial charge in [-0.3, -0.25) is 0 Å². The van der Waals surface area contributed by atoms with Crippen LogP contribution < -0.4 is 24.8 Å². The Bertz CT molecular complexity index is 2910. The summed E-state index contributed by atoms with van der Waals surface area (Å²) in [6.07, 6.45) is 0. The van der Waals surface area contributed by atoms with Crippen molar-refractivity contribution in [2.24, 2.45) is 0 Å². The summed E-state index contributed by atoms with van der Waals surface area (Å²) in [6, 6.07) is 63.0. The van der Waals surface area contributed by atoms with Gasteiger partial charge < -0.3 is 9.80 Å². The van der Waals surface area contributed by atoms with Crippen LogP contribution in [-0.2, 0) is 5.41 Å². The van der Waals surface area contributed by atoms with Crippen LogP contribution in [0, 0.1) is 0 Å². The van der Waals surface area contributed by atoms with Crippen LogP contribution in [0.3, 0.4) is 0 Å². The minimum Gasteiger partial charge on any atom is -0.310 e. The molecule has 2 aromatic heterocycles. The summed E-state index contributed by atoms with van der Waals surface area (Å²) in [5.74, 6) is 0. The third-order valence-corrected chi connectivity index (χ3v) is 13.8. The molecule has 0 unspecified atom stereocenters. The molecular weight excluding hydrogens is 704 g/mol. The maximum atomic E-state index is 2.57. The molecule has 0 spiro atoms. The average Bonchev–Trinajstić information content (AvgIpc) is 3.80. The van der Waals surface area contributed by atoms with E-state index in [-0.39, 0.29) is 12.1 Å². The number of rotatable bonds is 4. The van der Waals surface area contributed by atoms with Crippen molar-refractivity contribution in [3.05, 3.63) is 175 Å². The Morgan fingerprint density at radius 2 is 0.891 bits per heavy atom. The van der Waals surface area contributed by atoms with E-state index in [0.29, 0.717) is 0 Å². The van der Waals surface area contributed by atoms with E-state index < -0.39 is 0 Å². The van der Waals surface area contributed by atoms with Crippen LogP contribution in [-0.4, -0.2) is 6.71 Å². The van der Waals surface area contributed by atoms with E-state index in [1.165, 1.54) is 97.1 Å². The number of hydrogen-bond acceptors (Lipinski definition) is 4. The molecule has 262 valence electrons. The van der Waals surface area contributed by atoms with Gasteiger partial charge >= 0.3 is 0 Å². The highest BCUT2D eigenvalue weighted by atomic mass is 32.1. The quantitative estimate of drug-likeness (QED) is 0.166. The molecule has 55 heavy (non-hydrogen) atoms. The maximum absolute atomic E-state index is 2.57. The third kappa shape index (κ3) is 5.07. The number of anilines is 6. The summed E-state index contributed by atoms with van der Waals surface area (Å²) in [4.78, 5) is 5.12. The van der Waals surface area contributed by atoms with Gasteiger partial charge in [-0.1, -0.05) is 130 Å². The molecule has 2 aliphatic rings. The molecule has 11 rings (SSSR count). The van der Waals surface area contributed by atoms with Crippen molar-refractivity contribution in [3.8, 4) is 22.3 Å². The summed E-state index contributed by atoms with van der Waals surface area (Å²) in [6.45, 7) is 6.97. The van der Waals surface area contributed by atoms with E-state index in [1.807, 2.05) is 22.7 Å². The van der Waals surface area contributed by atoms with Crippen molar-refractivity contribution in [1.82, 2.24) is 0 Å². The van der Waals surface area contributed by atoms with E-state index in [1.54, 1.807) is 0 Å². The molecule has 4 heterocycles. The fourth-order valence-electron chi connectivity index (χ4n) is 8.75. The Kier molecular flexibility index (Phi) is 7.29. The summed E-state index contributed by atoms with van der Waals surface area (Å²) >= 11 is 3.93. The van der Waals surface area contributed by atoms with Crippen LogP contribution in [0.25, 0.3) is 42.4 Å². The number of benzene rings is 7. The molecular formula is C50H37BN2S2. The van der Waals surface area contributed by atoms with Gasteiger partial charge in [0.05, 0.1) is 11.4 Å². The number of hydrogen-bond donors (Lipinski definition) is 0. The zero-order valence-electron chi connectivity index (χ0n) is 31.0. The smallest absolute Gasteiger partial charge is 0.277 e. The lowest BCUT2D eigenvalue weighted by Gasteiger charge is -2.42. The van der Waals surface area contributed by atoms with Gasteiger partial charge in [0.1, 0.15) is 0 Å². The van der Waals surface area contributed by atoms with E-state index in [9.17, 15) is 0 Å². The first-order valence-electron chi connectivity index (χ1n) is 19.0. The molecule has 0 saturated heterocycles. The monoisotopic (exact) mass is 740 g/mol. The molecule has 2 nitrogen and oxygen atoms in total. The standard InChI is InChI=1S/C50H37BN2S2/c1-50(2,3)36-24-26-38(27-25-36)53-42-21-13-20-41-45(42)51(49-47(53)40-31-35(23-29-44(40)55-49)33-16-9-5-10-17-33)48-46(52(41)37-18-11-6-12-19-37)39-30-34(22-28-43(39)54-48)32-14-7-4-8-15-32/h4-31H,1-3H3. The Labute approximate surface area is 330 Å². The second kappa shape index (κ2) is 12.3. The van der Waals surface area contributed by atoms with Gasteiger partial charge in [0.15, 0.2) is 0 Å². The highest BCUT2D eigenvalue weighted by Crippen LogP contribution is 2.51. The van der Waals surface area contributed by atoms with Crippen molar-refractivity contribution >= 4 is 98.7 Å². The predicted molar refractivity (Wildman–Crippen MR) is 241 cm³/mol. The van der Waals surface area contributed by atoms with Crippen LogP contribution in [0.15, 0.2) is 170 Å². The molecule has 0 bridgehead atoms. The third-order valence-electron chi connectivity index (χ3n) is 11.4. The molecule has 0 N–H and O–H groups in total. The topological polar surface area (TPSA) is 6.48 Å². The Morgan fingerprint density at radius 1 is 0.436 bits per heavy atom. The first kappa shape index (κ1) is 32.5. The molecule has 0 atom stereocenters. The fraction of sp³-hybridized carbons (Fsp3) is 0.0800. The second-order valence-corrected chi connectivity index (χ2v) is 17.9. The summed E-state index contributed by atoms with van der Waals surface area (Å²) in [5, 5.41) is 2.60. The molecule has 5 heteroatoms. The first-order chi connectivity index (χ1) is 26.9. The van der Waals surface area contributed by atoms with Crippen LogP contribution in [0.2, 0.25) is 0 Å². The molecule has 7 aromatic carbocycles. The molecule has 0 amide bonds. The highest BCUT2D eigenvalue weighted by molar-refractivity contribution is 7.40. The molecule has 0 saturated carbocycles. The Balaban J connectivity index is 1.22. The largest absolute Gasteiger partial charge is 0.310 e. The lowest BCUT2D eigenvalue weighted by Crippen LogP contribution is -2.59. The van der Waals surface area contributed by atoms with Gasteiger partial charge in [0.25, 0.3) is 6.71 Å². The van der Waals surface area contributed by atoms with Gasteiger partial charge in [-0.05, 0) is 99.4 Å². The van der Waals surface area contributed by atoms with Gasteiger partial charge in [-0.25, -0.2) is 0 Å². The van der Waals surface area contributed by atoms with Crippen LogP contribution in [0.4, 0.5) is 34.1 Å². The van der Waals surface area contributed by atoms with Gasteiger partial charge in [0, 0.05) is 52.5 Å². The number of thiophene rings is 2. The SMILES string of the molecule is CC(C)(C)c1ccc(N2c3cccc4c3B(c3sc5ccc(-c6ccccc6)cc5c3N4c3ccccc3)c3sc4ccc(-c5ccccc5)cc4c32)cc1. The summed E-state index contributed by atoms with van der Waals surface area (Å²) < 4.78 is 5.44. The summed E-state index contributed by atoms with van der Waals surface area (Å²) in [5.41, 5.74) is 15.2. The van der Waals surface area contributed by atoms with Crippen LogP contribution >= 0.6 is 22.7 Å². The van der Waals surface area contributed by atoms with E-state index in [0.717, 1.165) is 0 Å². The summed E-state index contributed by atoms with van der Waals surface area (Å²) in [7, 11) is 0. The van der Waals surface area contributed by atoms with Crippen molar-refractivity contribution < 1.29 is 0 Å². The highest BCUT2D eigenvalue weighted by Gasteiger charge is 2.46. The van der Waals surface area contributed by atoms with Gasteiger partial charge in [-0.2, -0.15) is 0 Å². The first-order valence-corrected chi connectivity index (χ1v) is 20.7. The zero-order valence-corrected chi connectivity index (χ0v) is 32.6. The minimum atomic E-state index is 0.0659.